The fraction of sp³-hybridized carbons (Fsp3) is 0.263. The zero-order valence-electron chi connectivity index (χ0n) is 14.2. The molecule has 1 N–H and O–H groups in total. The number of nitrogens with one attached hydrogen (secondary N) is 1. The van der Waals surface area contributed by atoms with E-state index in [1.54, 1.807) is 11.3 Å². The van der Waals surface area contributed by atoms with E-state index in [1.165, 1.54) is 4.70 Å². The van der Waals surface area contributed by atoms with E-state index in [2.05, 4.69) is 32.8 Å². The zero-order chi connectivity index (χ0) is 18.2. The fourth-order valence-corrected chi connectivity index (χ4v) is 5.36. The first-order chi connectivity index (χ1) is 11.8. The normalized spacial score (nSPS) is 14.6. The lowest BCUT2D eigenvalue weighted by molar-refractivity contribution is 0.536. The highest BCUT2D eigenvalue weighted by Crippen LogP contribution is 2.39. The van der Waals surface area contributed by atoms with E-state index in [-0.39, 0.29) is 10.8 Å². The van der Waals surface area contributed by atoms with Gasteiger partial charge in [-0.15, -0.1) is 16.1 Å². The number of benzene rings is 2. The fourth-order valence-electron chi connectivity index (χ4n) is 2.46. The van der Waals surface area contributed by atoms with Gasteiger partial charge in [0.2, 0.25) is 0 Å². The molecule has 3 aromatic rings. The second-order valence-corrected chi connectivity index (χ2v) is 11.1. The molecule has 0 saturated heterocycles. The van der Waals surface area contributed by atoms with Crippen LogP contribution in [0.1, 0.15) is 37.3 Å². The summed E-state index contributed by atoms with van der Waals surface area (Å²) in [4.78, 5) is 1.09. The minimum atomic E-state index is -1.22. The third-order valence-electron chi connectivity index (χ3n) is 3.80. The van der Waals surface area contributed by atoms with Crippen LogP contribution in [-0.4, -0.2) is 9.30 Å². The number of hydrogen-bond donors (Lipinski definition) is 1. The van der Waals surface area contributed by atoms with Gasteiger partial charge in [0.15, 0.2) is 0 Å². The van der Waals surface area contributed by atoms with Gasteiger partial charge >= 0.3 is 0 Å². The summed E-state index contributed by atoms with van der Waals surface area (Å²) in [6, 6.07) is 15.8. The average Bonchev–Trinajstić information content (AvgIpc) is 2.97. The largest absolute Gasteiger partial charge is 0.598 e. The average molecular weight is 457 g/mol. The molecule has 1 heterocycles. The first-order valence-corrected chi connectivity index (χ1v) is 11.0. The van der Waals surface area contributed by atoms with Crippen LogP contribution >= 0.6 is 38.9 Å². The lowest BCUT2D eigenvalue weighted by Crippen LogP contribution is -2.41. The minimum absolute atomic E-state index is 0.224. The number of fused-ring (bicyclic) bond motifs is 1. The van der Waals surface area contributed by atoms with Crippen molar-refractivity contribution < 1.29 is 4.55 Å². The van der Waals surface area contributed by atoms with Crippen LogP contribution in [0.2, 0.25) is 5.02 Å². The van der Waals surface area contributed by atoms with E-state index in [4.69, 9.17) is 11.6 Å². The predicted octanol–water partition coefficient (Wildman–Crippen LogP) is 6.46. The molecule has 6 heteroatoms. The van der Waals surface area contributed by atoms with Crippen molar-refractivity contribution in [2.24, 2.45) is 0 Å². The van der Waals surface area contributed by atoms with Gasteiger partial charge in [-0.2, -0.15) is 0 Å². The Morgan fingerprint density at radius 1 is 1.16 bits per heavy atom. The van der Waals surface area contributed by atoms with Crippen molar-refractivity contribution >= 4 is 60.3 Å². The summed E-state index contributed by atoms with van der Waals surface area (Å²) in [5, 5.41) is 1.83. The Hall–Kier alpha value is -0.560. The molecule has 2 aromatic carbocycles. The Morgan fingerprint density at radius 2 is 1.88 bits per heavy atom. The first kappa shape index (κ1) is 19.2. The zero-order valence-corrected chi connectivity index (χ0v) is 18.2. The Bertz CT molecular complexity index is 891. The lowest BCUT2D eigenvalue weighted by atomic mass is 10.1. The highest BCUT2D eigenvalue weighted by Gasteiger charge is 2.32. The summed E-state index contributed by atoms with van der Waals surface area (Å²) in [5.74, 6) is 0. The number of halogens is 2. The standard InChI is InChI=1S/C19H19BrClNOS2/c1-19(2,3)25(23)22-17(13-8-4-5-10-15(13)21)16-11-12-7-6-9-14(20)18(12)24-16/h4-11,17,22H,1-3H3/t17-,25+/m1/s1. The second-order valence-electron chi connectivity index (χ2n) is 6.76. The molecule has 25 heavy (non-hydrogen) atoms. The van der Waals surface area contributed by atoms with Crippen molar-refractivity contribution in [3.63, 3.8) is 0 Å². The van der Waals surface area contributed by atoms with E-state index in [0.717, 1.165) is 20.3 Å². The van der Waals surface area contributed by atoms with Crippen molar-refractivity contribution in [3.8, 4) is 0 Å². The molecular weight excluding hydrogens is 438 g/mol. The van der Waals surface area contributed by atoms with Gasteiger partial charge in [-0.3, -0.25) is 0 Å². The smallest absolute Gasteiger partial charge is 0.136 e. The molecule has 3 rings (SSSR count). The molecule has 0 amide bonds. The van der Waals surface area contributed by atoms with E-state index >= 15 is 0 Å². The molecule has 0 aliphatic carbocycles. The maximum absolute atomic E-state index is 12.8. The molecule has 0 aliphatic rings. The first-order valence-electron chi connectivity index (χ1n) is 7.88. The second kappa shape index (κ2) is 7.59. The van der Waals surface area contributed by atoms with Crippen molar-refractivity contribution in [2.75, 3.05) is 0 Å². The summed E-state index contributed by atoms with van der Waals surface area (Å²) in [7, 11) is 0. The molecule has 0 radical (unpaired) electrons. The van der Waals surface area contributed by atoms with Crippen LogP contribution in [0.25, 0.3) is 10.1 Å². The summed E-state index contributed by atoms with van der Waals surface area (Å²) in [6.45, 7) is 5.88. The van der Waals surface area contributed by atoms with Crippen LogP contribution in [0.5, 0.6) is 0 Å². The van der Waals surface area contributed by atoms with Crippen molar-refractivity contribution in [3.05, 3.63) is 68.5 Å². The number of rotatable bonds is 4. The summed E-state index contributed by atoms with van der Waals surface area (Å²) in [6.07, 6.45) is 0. The van der Waals surface area contributed by atoms with E-state index in [0.29, 0.717) is 5.02 Å². The molecule has 0 saturated carbocycles. The van der Waals surface area contributed by atoms with E-state index < -0.39 is 11.4 Å². The third kappa shape index (κ3) is 4.24. The molecule has 0 fully saturated rings. The van der Waals surface area contributed by atoms with Crippen LogP contribution in [0.15, 0.2) is 53.0 Å². The van der Waals surface area contributed by atoms with Crippen LogP contribution in [0, 0.1) is 0 Å². The SMILES string of the molecule is CC(C)(C)[S@+]([O-])N[C@@H](c1cc2cccc(Br)c2s1)c1ccccc1Cl. The van der Waals surface area contributed by atoms with Gasteiger partial charge in [0.05, 0.1) is 0 Å². The maximum atomic E-state index is 12.8. The predicted molar refractivity (Wildman–Crippen MR) is 114 cm³/mol. The molecule has 1 aromatic heterocycles. The molecule has 2 nitrogen and oxygen atoms in total. The van der Waals surface area contributed by atoms with Gasteiger partial charge in [-0.25, -0.2) is 0 Å². The van der Waals surface area contributed by atoms with Gasteiger partial charge in [0.25, 0.3) is 0 Å². The van der Waals surface area contributed by atoms with Crippen molar-refractivity contribution in [1.29, 1.82) is 0 Å². The van der Waals surface area contributed by atoms with Crippen LogP contribution in [0.3, 0.4) is 0 Å². The van der Waals surface area contributed by atoms with Crippen molar-refractivity contribution in [2.45, 2.75) is 31.6 Å². The summed E-state index contributed by atoms with van der Waals surface area (Å²) in [5.41, 5.74) is 0.935. The Morgan fingerprint density at radius 3 is 2.52 bits per heavy atom. The highest BCUT2D eigenvalue weighted by molar-refractivity contribution is 9.10. The molecule has 0 spiro atoms. The van der Waals surface area contributed by atoms with Crippen molar-refractivity contribution in [1.82, 2.24) is 4.72 Å². The molecule has 0 aliphatic heterocycles. The minimum Gasteiger partial charge on any atom is -0.598 e. The summed E-state index contributed by atoms with van der Waals surface area (Å²) < 4.78 is 17.9. The van der Waals surface area contributed by atoms with E-state index in [9.17, 15) is 4.55 Å². The van der Waals surface area contributed by atoms with Crippen LogP contribution in [0.4, 0.5) is 0 Å². The molecular formula is C19H19BrClNOS2. The lowest BCUT2D eigenvalue weighted by Gasteiger charge is -2.28. The molecule has 132 valence electrons. The van der Waals surface area contributed by atoms with Gasteiger partial charge in [0, 0.05) is 30.4 Å². The monoisotopic (exact) mass is 455 g/mol. The Kier molecular flexibility index (Phi) is 5.83. The number of hydrogen-bond acceptors (Lipinski definition) is 3. The summed E-state index contributed by atoms with van der Waals surface area (Å²) >= 11 is 10.5. The van der Waals surface area contributed by atoms with Gasteiger partial charge < -0.3 is 4.55 Å². The third-order valence-corrected chi connectivity index (χ3v) is 7.88. The highest BCUT2D eigenvalue weighted by atomic mass is 79.9. The Balaban J connectivity index is 2.09. The van der Waals surface area contributed by atoms with Crippen LogP contribution in [-0.2, 0) is 11.4 Å². The maximum Gasteiger partial charge on any atom is 0.136 e. The van der Waals surface area contributed by atoms with Gasteiger partial charge in [0.1, 0.15) is 10.8 Å². The molecule has 2 atom stereocenters. The Labute approximate surface area is 169 Å². The number of thiophene rings is 1. The van der Waals surface area contributed by atoms with Gasteiger partial charge in [-0.1, -0.05) is 41.9 Å². The van der Waals surface area contributed by atoms with Crippen LogP contribution < -0.4 is 4.72 Å². The molecule has 0 bridgehead atoms. The van der Waals surface area contributed by atoms with Gasteiger partial charge in [-0.05, 0) is 65.8 Å². The quantitative estimate of drug-likeness (QED) is 0.457. The topological polar surface area (TPSA) is 35.1 Å². The van der Waals surface area contributed by atoms with E-state index in [1.807, 2.05) is 57.2 Å². The molecule has 0 unspecified atom stereocenters.